The largest absolute Gasteiger partial charge is 0.493 e. The minimum Gasteiger partial charge on any atom is -0.493 e. The number of esters is 1. The molecule has 12 heteroatoms. The number of methoxy groups -OCH3 is 2. The molecule has 0 aromatic heterocycles. The van der Waals surface area contributed by atoms with Crippen LogP contribution in [0.4, 0.5) is 5.69 Å². The summed E-state index contributed by atoms with van der Waals surface area (Å²) in [4.78, 5) is 22.5. The monoisotopic (exact) mass is 659 g/mol. The van der Waals surface area contributed by atoms with Gasteiger partial charge in [-0.05, 0) is 75.4 Å². The fourth-order valence-corrected chi connectivity index (χ4v) is 5.51. The van der Waals surface area contributed by atoms with Gasteiger partial charge in [0.25, 0.3) is 5.69 Å². The average Bonchev–Trinajstić information content (AvgIpc) is 3.63. The SMILES string of the molecule is COc1ccc(CO[C@@H]2C[C@@H](CC/C(Cl)=C/C/C=C(/C)COC(=O)c3ccc([N+](=O)[O-])cc3)O[C@@H]2[C@H]2COC(C)(C)O2)cc1OC. The fraction of sp³-hybridized carbons (Fsp3) is 0.500. The molecule has 250 valence electrons. The third kappa shape index (κ3) is 10.0. The van der Waals surface area contributed by atoms with Gasteiger partial charge in [0.2, 0.25) is 0 Å². The van der Waals surface area contributed by atoms with Crippen LogP contribution in [0.25, 0.3) is 0 Å². The molecule has 2 aliphatic heterocycles. The number of allylic oxidation sites excluding steroid dienone is 3. The summed E-state index contributed by atoms with van der Waals surface area (Å²) in [6, 6.07) is 11.0. The molecule has 0 aliphatic carbocycles. The van der Waals surface area contributed by atoms with Gasteiger partial charge in [0.15, 0.2) is 17.3 Å². The lowest BCUT2D eigenvalue weighted by Gasteiger charge is -2.25. The van der Waals surface area contributed by atoms with Crippen molar-refractivity contribution in [1.82, 2.24) is 0 Å². The van der Waals surface area contributed by atoms with Crippen LogP contribution in [0.15, 0.2) is 65.2 Å². The van der Waals surface area contributed by atoms with Gasteiger partial charge in [0, 0.05) is 23.6 Å². The maximum absolute atomic E-state index is 12.3. The number of nitrogens with zero attached hydrogens (tertiary/aromatic N) is 1. The van der Waals surface area contributed by atoms with Crippen LogP contribution < -0.4 is 9.47 Å². The minimum absolute atomic E-state index is 0.0639. The Labute approximate surface area is 274 Å². The molecule has 2 saturated heterocycles. The van der Waals surface area contributed by atoms with E-state index in [1.165, 1.54) is 24.3 Å². The molecule has 2 aromatic rings. The highest BCUT2D eigenvalue weighted by Crippen LogP contribution is 2.36. The number of rotatable bonds is 15. The summed E-state index contributed by atoms with van der Waals surface area (Å²) in [5, 5.41) is 11.5. The first-order valence-corrected chi connectivity index (χ1v) is 15.6. The summed E-state index contributed by atoms with van der Waals surface area (Å²) in [6.45, 7) is 6.55. The minimum atomic E-state index is -0.680. The highest BCUT2D eigenvalue weighted by Gasteiger charge is 2.46. The number of halogens is 1. The predicted octanol–water partition coefficient (Wildman–Crippen LogP) is 6.90. The van der Waals surface area contributed by atoms with Gasteiger partial charge in [-0.3, -0.25) is 10.1 Å². The van der Waals surface area contributed by atoms with Gasteiger partial charge in [0.1, 0.15) is 18.8 Å². The van der Waals surface area contributed by atoms with Gasteiger partial charge in [-0.2, -0.15) is 0 Å². The van der Waals surface area contributed by atoms with Crippen molar-refractivity contribution in [1.29, 1.82) is 0 Å². The molecular weight excluding hydrogens is 618 g/mol. The first kappa shape index (κ1) is 35.4. The van der Waals surface area contributed by atoms with E-state index >= 15 is 0 Å². The third-order valence-corrected chi connectivity index (χ3v) is 8.12. The van der Waals surface area contributed by atoms with E-state index in [-0.39, 0.29) is 42.3 Å². The number of carbonyl (C=O) groups is 1. The van der Waals surface area contributed by atoms with E-state index in [9.17, 15) is 14.9 Å². The number of hydrogen-bond donors (Lipinski definition) is 0. The Morgan fingerprint density at radius 2 is 1.85 bits per heavy atom. The van der Waals surface area contributed by atoms with E-state index in [4.69, 9.17) is 44.8 Å². The summed E-state index contributed by atoms with van der Waals surface area (Å²) in [5.74, 6) is 0.0755. The summed E-state index contributed by atoms with van der Waals surface area (Å²) in [7, 11) is 3.21. The number of benzene rings is 2. The molecule has 0 saturated carbocycles. The van der Waals surface area contributed by atoms with E-state index in [0.717, 1.165) is 11.1 Å². The number of hydrogen-bond acceptors (Lipinski definition) is 10. The summed E-state index contributed by atoms with van der Waals surface area (Å²) >= 11 is 6.56. The van der Waals surface area contributed by atoms with Gasteiger partial charge in [-0.1, -0.05) is 29.8 Å². The van der Waals surface area contributed by atoms with Crippen LogP contribution in [0.3, 0.4) is 0 Å². The molecule has 0 spiro atoms. The zero-order chi connectivity index (χ0) is 33.3. The number of nitro benzene ring substituents is 1. The van der Waals surface area contributed by atoms with E-state index in [1.807, 2.05) is 51.1 Å². The molecule has 4 rings (SSSR count). The molecule has 0 unspecified atom stereocenters. The van der Waals surface area contributed by atoms with Crippen molar-refractivity contribution >= 4 is 23.3 Å². The van der Waals surface area contributed by atoms with Gasteiger partial charge >= 0.3 is 5.97 Å². The Balaban J connectivity index is 1.26. The predicted molar refractivity (Wildman–Crippen MR) is 171 cm³/mol. The topological polar surface area (TPSA) is 125 Å². The normalized spacial score (nSPS) is 22.9. The molecule has 0 amide bonds. The van der Waals surface area contributed by atoms with Crippen LogP contribution in [0.5, 0.6) is 11.5 Å². The second-order valence-electron chi connectivity index (χ2n) is 11.7. The number of carbonyl (C=O) groups excluding carboxylic acids is 1. The van der Waals surface area contributed by atoms with Crippen molar-refractivity contribution in [2.75, 3.05) is 27.4 Å². The zero-order valence-electron chi connectivity index (χ0n) is 26.9. The van der Waals surface area contributed by atoms with E-state index in [2.05, 4.69) is 0 Å². The molecule has 46 heavy (non-hydrogen) atoms. The second-order valence-corrected chi connectivity index (χ2v) is 12.2. The fourth-order valence-electron chi connectivity index (χ4n) is 5.32. The molecule has 11 nitrogen and oxygen atoms in total. The van der Waals surface area contributed by atoms with Crippen molar-refractivity contribution in [3.63, 3.8) is 0 Å². The lowest BCUT2D eigenvalue weighted by atomic mass is 10.0. The van der Waals surface area contributed by atoms with E-state index in [1.54, 1.807) is 14.2 Å². The molecular formula is C34H42ClNO10. The highest BCUT2D eigenvalue weighted by molar-refractivity contribution is 6.29. The molecule has 2 heterocycles. The van der Waals surface area contributed by atoms with Crippen molar-refractivity contribution in [2.24, 2.45) is 0 Å². The second kappa shape index (κ2) is 16.4. The van der Waals surface area contributed by atoms with Crippen molar-refractivity contribution in [2.45, 2.75) is 83.3 Å². The first-order chi connectivity index (χ1) is 22.0. The van der Waals surface area contributed by atoms with Crippen LogP contribution in [-0.2, 0) is 30.3 Å². The van der Waals surface area contributed by atoms with Gasteiger partial charge < -0.3 is 33.2 Å². The Hall–Kier alpha value is -3.48. The quantitative estimate of drug-likeness (QED) is 0.0862. The third-order valence-electron chi connectivity index (χ3n) is 7.78. The maximum Gasteiger partial charge on any atom is 0.338 e. The Kier molecular flexibility index (Phi) is 12.6. The first-order valence-electron chi connectivity index (χ1n) is 15.2. The molecule has 0 bridgehead atoms. The molecule has 2 aromatic carbocycles. The van der Waals surface area contributed by atoms with Crippen molar-refractivity contribution in [3.05, 3.63) is 86.5 Å². The lowest BCUT2D eigenvalue weighted by molar-refractivity contribution is -0.384. The van der Waals surface area contributed by atoms with Crippen LogP contribution in [0.1, 0.15) is 62.4 Å². The summed E-state index contributed by atoms with van der Waals surface area (Å²) < 4.78 is 40.9. The maximum atomic E-state index is 12.3. The lowest BCUT2D eigenvalue weighted by Crippen LogP contribution is -2.38. The van der Waals surface area contributed by atoms with Gasteiger partial charge in [0.05, 0.1) is 50.1 Å². The molecule has 0 N–H and O–H groups in total. The van der Waals surface area contributed by atoms with Crippen molar-refractivity contribution in [3.8, 4) is 11.5 Å². The number of ether oxygens (including phenoxy) is 7. The molecule has 4 atom stereocenters. The number of nitro groups is 1. The van der Waals surface area contributed by atoms with E-state index < -0.39 is 16.7 Å². The molecule has 2 fully saturated rings. The van der Waals surface area contributed by atoms with E-state index in [0.29, 0.717) is 55.4 Å². The average molecular weight is 660 g/mol. The van der Waals surface area contributed by atoms with Gasteiger partial charge in [-0.25, -0.2) is 4.79 Å². The van der Waals surface area contributed by atoms with Crippen LogP contribution in [0, 0.1) is 10.1 Å². The highest BCUT2D eigenvalue weighted by atomic mass is 35.5. The molecule has 2 aliphatic rings. The summed E-state index contributed by atoms with van der Waals surface area (Å²) in [6.07, 6.45) is 5.70. The Bertz CT molecular complexity index is 1410. The zero-order valence-corrected chi connectivity index (χ0v) is 27.6. The molecule has 0 radical (unpaired) electrons. The summed E-state index contributed by atoms with van der Waals surface area (Å²) in [5.41, 5.74) is 1.98. The van der Waals surface area contributed by atoms with Crippen LogP contribution in [0.2, 0.25) is 0 Å². The van der Waals surface area contributed by atoms with Crippen molar-refractivity contribution < 1.29 is 42.9 Å². The Morgan fingerprint density at radius 1 is 1.11 bits per heavy atom. The standard InChI is InChI=1S/C34H42ClNO10/c1-22(19-43-33(37)24-10-13-26(14-11-24)36(38)39)7-6-8-25(35)12-15-27-18-30(32(45-27)31-21-44-34(2,3)46-31)42-20-23-9-16-28(40-4)29(17-23)41-5/h7-11,13-14,16-17,27,30-32H,6,12,15,18-21H2,1-5H3/b22-7-,25-8-/t27-,30-,31-,32+/m1/s1. The van der Waals surface area contributed by atoms with Crippen LogP contribution >= 0.6 is 11.6 Å². The van der Waals surface area contributed by atoms with Crippen LogP contribution in [-0.4, -0.2) is 68.5 Å². The Morgan fingerprint density at radius 3 is 2.50 bits per heavy atom. The number of non-ortho nitro benzene ring substituents is 1. The van der Waals surface area contributed by atoms with Gasteiger partial charge in [-0.15, -0.1) is 0 Å². The smallest absolute Gasteiger partial charge is 0.338 e.